The molecule has 0 radical (unpaired) electrons. The summed E-state index contributed by atoms with van der Waals surface area (Å²) in [5.74, 6) is 2.26. The zero-order chi connectivity index (χ0) is 12.5. The number of hydrogen-bond donors (Lipinski definition) is 1. The van der Waals surface area contributed by atoms with E-state index in [9.17, 15) is 0 Å². The van der Waals surface area contributed by atoms with Gasteiger partial charge in [0, 0.05) is 31.6 Å². The number of nitrogens with one attached hydrogen (secondary N) is 1. The molecule has 2 fully saturated rings. The lowest BCUT2D eigenvalue weighted by Gasteiger charge is -2.33. The summed E-state index contributed by atoms with van der Waals surface area (Å²) in [7, 11) is 1.64. The molecule has 1 N–H and O–H groups in total. The van der Waals surface area contributed by atoms with E-state index in [2.05, 4.69) is 27.1 Å². The van der Waals surface area contributed by atoms with Gasteiger partial charge in [-0.15, -0.1) is 0 Å². The second kappa shape index (κ2) is 4.72. The van der Waals surface area contributed by atoms with Crippen molar-refractivity contribution in [2.75, 3.05) is 31.6 Å². The van der Waals surface area contributed by atoms with Crippen LogP contribution < -0.4 is 15.0 Å². The Morgan fingerprint density at radius 3 is 2.94 bits per heavy atom. The van der Waals surface area contributed by atoms with Crippen LogP contribution in [0, 0.1) is 0 Å². The van der Waals surface area contributed by atoms with Crippen molar-refractivity contribution in [1.29, 1.82) is 0 Å². The van der Waals surface area contributed by atoms with E-state index in [0.717, 1.165) is 31.1 Å². The van der Waals surface area contributed by atoms with Gasteiger partial charge in [-0.05, 0) is 19.8 Å². The summed E-state index contributed by atoms with van der Waals surface area (Å²) in [6.45, 7) is 5.19. The summed E-state index contributed by atoms with van der Waals surface area (Å²) in [6.07, 6.45) is 4.23. The third kappa shape index (κ3) is 2.27. The van der Waals surface area contributed by atoms with Gasteiger partial charge in [-0.1, -0.05) is 0 Å². The molecular formula is C13H20N4O. The van der Waals surface area contributed by atoms with Gasteiger partial charge in [-0.3, -0.25) is 4.98 Å². The normalized spacial score (nSPS) is 24.1. The maximum Gasteiger partial charge on any atom is 0.234 e. The number of nitrogens with zero attached hydrogens (tertiary/aromatic N) is 3. The van der Waals surface area contributed by atoms with Crippen molar-refractivity contribution in [2.45, 2.75) is 31.7 Å². The summed E-state index contributed by atoms with van der Waals surface area (Å²) in [4.78, 5) is 11.5. The minimum atomic E-state index is 0.499. The summed E-state index contributed by atoms with van der Waals surface area (Å²) in [6, 6.07) is 0.499. The van der Waals surface area contributed by atoms with Crippen molar-refractivity contribution < 1.29 is 4.74 Å². The first-order valence-corrected chi connectivity index (χ1v) is 6.67. The zero-order valence-electron chi connectivity index (χ0n) is 11.0. The van der Waals surface area contributed by atoms with Gasteiger partial charge in [0.15, 0.2) is 5.82 Å². The van der Waals surface area contributed by atoms with E-state index in [0.29, 0.717) is 17.8 Å². The minimum absolute atomic E-state index is 0.499. The average Bonchev–Trinajstić information content (AvgIpc) is 3.22. The number of rotatable bonds is 3. The lowest BCUT2D eigenvalue weighted by Crippen LogP contribution is -2.49. The molecule has 2 aliphatic rings. The van der Waals surface area contributed by atoms with Crippen LogP contribution in [0.1, 0.15) is 31.4 Å². The Bertz CT molecular complexity index is 433. The molecule has 1 aliphatic carbocycles. The van der Waals surface area contributed by atoms with E-state index in [1.807, 2.05) is 0 Å². The predicted molar refractivity (Wildman–Crippen MR) is 70.2 cm³/mol. The van der Waals surface area contributed by atoms with Gasteiger partial charge in [0.1, 0.15) is 0 Å². The number of aromatic nitrogens is 2. The highest BCUT2D eigenvalue weighted by Crippen LogP contribution is 2.43. The fraction of sp³-hybridized carbons (Fsp3) is 0.692. The van der Waals surface area contributed by atoms with Gasteiger partial charge >= 0.3 is 0 Å². The molecule has 1 saturated heterocycles. The van der Waals surface area contributed by atoms with Crippen molar-refractivity contribution >= 4 is 5.82 Å². The van der Waals surface area contributed by atoms with Crippen LogP contribution in [0.15, 0.2) is 6.20 Å². The molecule has 98 valence electrons. The molecule has 1 aromatic heterocycles. The summed E-state index contributed by atoms with van der Waals surface area (Å²) < 4.78 is 5.21. The topological polar surface area (TPSA) is 50.3 Å². The van der Waals surface area contributed by atoms with Gasteiger partial charge in [-0.2, -0.15) is 4.98 Å². The SMILES string of the molecule is COc1cnc(C2CC2)c(N2CCNC(C)C2)n1. The first kappa shape index (κ1) is 11.7. The molecule has 1 saturated carbocycles. The summed E-state index contributed by atoms with van der Waals surface area (Å²) >= 11 is 0. The fourth-order valence-electron chi connectivity index (χ4n) is 2.47. The average molecular weight is 248 g/mol. The lowest BCUT2D eigenvalue weighted by atomic mass is 10.2. The molecule has 3 rings (SSSR count). The largest absolute Gasteiger partial charge is 0.480 e. The van der Waals surface area contributed by atoms with E-state index in [-0.39, 0.29) is 0 Å². The molecule has 1 aliphatic heterocycles. The monoisotopic (exact) mass is 248 g/mol. The van der Waals surface area contributed by atoms with E-state index in [4.69, 9.17) is 4.74 Å². The van der Waals surface area contributed by atoms with Gasteiger partial charge < -0.3 is 15.0 Å². The number of ether oxygens (including phenoxy) is 1. The summed E-state index contributed by atoms with van der Waals surface area (Å²) in [5.41, 5.74) is 1.16. The first-order chi connectivity index (χ1) is 8.78. The van der Waals surface area contributed by atoms with Crippen molar-refractivity contribution in [2.24, 2.45) is 0 Å². The molecule has 2 heterocycles. The highest BCUT2D eigenvalue weighted by molar-refractivity contribution is 5.48. The molecular weight excluding hydrogens is 228 g/mol. The Balaban J connectivity index is 1.91. The predicted octanol–water partition coefficient (Wildman–Crippen LogP) is 1.16. The van der Waals surface area contributed by atoms with Crippen molar-refractivity contribution in [3.05, 3.63) is 11.9 Å². The van der Waals surface area contributed by atoms with Gasteiger partial charge in [0.2, 0.25) is 5.88 Å². The molecule has 0 amide bonds. The van der Waals surface area contributed by atoms with Crippen molar-refractivity contribution in [1.82, 2.24) is 15.3 Å². The Kier molecular flexibility index (Phi) is 3.07. The van der Waals surface area contributed by atoms with Crippen LogP contribution in [-0.2, 0) is 0 Å². The minimum Gasteiger partial charge on any atom is -0.480 e. The standard InChI is InChI=1S/C13H20N4O/c1-9-8-17(6-5-14-9)13-12(10-3-4-10)15-7-11(16-13)18-2/h7,9-10,14H,3-6,8H2,1-2H3. The third-order valence-electron chi connectivity index (χ3n) is 3.60. The maximum atomic E-state index is 5.21. The number of methoxy groups -OCH3 is 1. The molecule has 1 unspecified atom stereocenters. The molecule has 0 spiro atoms. The summed E-state index contributed by atoms with van der Waals surface area (Å²) in [5, 5.41) is 3.45. The van der Waals surface area contributed by atoms with Crippen LogP contribution in [0.3, 0.4) is 0 Å². The van der Waals surface area contributed by atoms with Crippen LogP contribution in [0.25, 0.3) is 0 Å². The van der Waals surface area contributed by atoms with E-state index < -0.39 is 0 Å². The Labute approximate surface area is 108 Å². The Morgan fingerprint density at radius 1 is 1.44 bits per heavy atom. The number of anilines is 1. The van der Waals surface area contributed by atoms with Crippen LogP contribution in [0.2, 0.25) is 0 Å². The van der Waals surface area contributed by atoms with Gasteiger partial charge in [0.05, 0.1) is 19.0 Å². The molecule has 5 heteroatoms. The zero-order valence-corrected chi connectivity index (χ0v) is 11.0. The second-order valence-electron chi connectivity index (χ2n) is 5.20. The number of hydrogen-bond acceptors (Lipinski definition) is 5. The van der Waals surface area contributed by atoms with Gasteiger partial charge in [0.25, 0.3) is 0 Å². The van der Waals surface area contributed by atoms with E-state index >= 15 is 0 Å². The molecule has 1 atom stereocenters. The van der Waals surface area contributed by atoms with Crippen LogP contribution in [0.4, 0.5) is 5.82 Å². The van der Waals surface area contributed by atoms with E-state index in [1.165, 1.54) is 12.8 Å². The van der Waals surface area contributed by atoms with Gasteiger partial charge in [-0.25, -0.2) is 0 Å². The second-order valence-corrected chi connectivity index (χ2v) is 5.20. The third-order valence-corrected chi connectivity index (χ3v) is 3.60. The molecule has 1 aromatic rings. The fourth-order valence-corrected chi connectivity index (χ4v) is 2.47. The molecule has 5 nitrogen and oxygen atoms in total. The highest BCUT2D eigenvalue weighted by atomic mass is 16.5. The van der Waals surface area contributed by atoms with Crippen molar-refractivity contribution in [3.63, 3.8) is 0 Å². The Morgan fingerprint density at radius 2 is 2.28 bits per heavy atom. The highest BCUT2D eigenvalue weighted by Gasteiger charge is 2.31. The molecule has 0 bridgehead atoms. The molecule has 18 heavy (non-hydrogen) atoms. The Hall–Kier alpha value is -1.36. The first-order valence-electron chi connectivity index (χ1n) is 6.67. The van der Waals surface area contributed by atoms with E-state index in [1.54, 1.807) is 13.3 Å². The maximum absolute atomic E-state index is 5.21. The number of piperazine rings is 1. The quantitative estimate of drug-likeness (QED) is 0.870. The smallest absolute Gasteiger partial charge is 0.234 e. The molecule has 0 aromatic carbocycles. The van der Waals surface area contributed by atoms with Crippen LogP contribution in [-0.4, -0.2) is 42.8 Å². The van der Waals surface area contributed by atoms with Crippen LogP contribution in [0.5, 0.6) is 5.88 Å². The van der Waals surface area contributed by atoms with Crippen molar-refractivity contribution in [3.8, 4) is 5.88 Å². The van der Waals surface area contributed by atoms with Crippen LogP contribution >= 0.6 is 0 Å². The lowest BCUT2D eigenvalue weighted by molar-refractivity contribution is 0.393.